The van der Waals surface area contributed by atoms with Crippen LogP contribution in [0.4, 0.5) is 0 Å². The van der Waals surface area contributed by atoms with Crippen molar-refractivity contribution in [2.75, 3.05) is 0 Å². The predicted octanol–water partition coefficient (Wildman–Crippen LogP) is -0.259. The molecule has 34 valence electrons. The summed E-state index contributed by atoms with van der Waals surface area (Å²) in [5.74, 6) is 0. The summed E-state index contributed by atoms with van der Waals surface area (Å²) in [7, 11) is 0. The molecule has 0 aliphatic carbocycles. The van der Waals surface area contributed by atoms with Crippen LogP contribution in [0.5, 0.6) is 0 Å². The molecule has 0 aromatic carbocycles. The second-order valence-electron chi connectivity index (χ2n) is 0.0714. The molecule has 2 nitrogen and oxygen atoms in total. The number of halogens is 2. The van der Waals surface area contributed by atoms with Crippen molar-refractivity contribution in [3.8, 4) is 0 Å². The molecule has 0 atom stereocenters. The molecule has 0 amide bonds. The summed E-state index contributed by atoms with van der Waals surface area (Å²) < 4.78 is 0. The van der Waals surface area contributed by atoms with Crippen molar-refractivity contribution in [1.82, 2.24) is 0 Å². The van der Waals surface area contributed by atoms with E-state index < -0.39 is 0 Å². The van der Waals surface area contributed by atoms with E-state index in [0.717, 1.165) is 0 Å². The molecule has 0 aromatic rings. The Balaban J connectivity index is -0.0000000200. The fourth-order valence-electron chi connectivity index (χ4n) is 0. The van der Waals surface area contributed by atoms with Crippen molar-refractivity contribution >= 4 is 50.5 Å². The summed E-state index contributed by atoms with van der Waals surface area (Å²) >= 11 is 5.06. The Bertz CT molecular complexity index is 7.61. The van der Waals surface area contributed by atoms with E-state index in [-0.39, 0.29) is 24.2 Å². The SMILES string of the molecule is O.O.[I][Sn][I]. The zero-order valence-electron chi connectivity index (χ0n) is 2.26. The molecule has 0 unspecified atom stereocenters. The van der Waals surface area contributed by atoms with Gasteiger partial charge in [0.05, 0.1) is 0 Å². The minimum atomic E-state index is 0. The molecule has 5 heteroatoms. The molecule has 0 aliphatic rings. The van der Waals surface area contributed by atoms with E-state index in [0.29, 0.717) is 0 Å². The molecular formula is H4I2O2Sn. The summed E-state index contributed by atoms with van der Waals surface area (Å²) in [5.41, 5.74) is 0. The van der Waals surface area contributed by atoms with Crippen molar-refractivity contribution in [1.29, 1.82) is 0 Å². The van der Waals surface area contributed by atoms with Crippen molar-refractivity contribution in [2.24, 2.45) is 0 Å². The molecule has 0 heterocycles. The average Bonchev–Trinajstić information content (AvgIpc) is 0.918. The quantitative estimate of drug-likeness (QED) is 0.392. The zero-order chi connectivity index (χ0) is 2.71. The normalized spacial score (nSPS) is 3.60. The Kier molecular flexibility index (Phi) is 51.5. The summed E-state index contributed by atoms with van der Waals surface area (Å²) in [5, 5.41) is 0. The molecule has 0 bridgehead atoms. The summed E-state index contributed by atoms with van der Waals surface area (Å²) in [4.78, 5) is 0. The predicted molar refractivity (Wildman–Crippen MR) is 41.0 cm³/mol. The van der Waals surface area contributed by atoms with Gasteiger partial charge in [0.1, 0.15) is 0 Å². The third-order valence-electron chi connectivity index (χ3n) is 0. The van der Waals surface area contributed by atoms with Crippen molar-refractivity contribution in [2.45, 2.75) is 0 Å². The van der Waals surface area contributed by atoms with Gasteiger partial charge in [0.15, 0.2) is 0 Å². The monoisotopic (exact) mass is 410 g/mol. The summed E-state index contributed by atoms with van der Waals surface area (Å²) in [6.45, 7) is 0. The van der Waals surface area contributed by atoms with E-state index in [1.54, 1.807) is 0 Å². The van der Waals surface area contributed by atoms with Gasteiger partial charge >= 0.3 is 50.5 Å². The fourth-order valence-corrected chi connectivity index (χ4v) is 0. The van der Waals surface area contributed by atoms with Crippen LogP contribution in [0.15, 0.2) is 0 Å². The molecule has 0 saturated heterocycles. The number of hydrogen-bond acceptors (Lipinski definition) is 0. The van der Waals surface area contributed by atoms with E-state index >= 15 is 0 Å². The maximum absolute atomic E-state index is 2.45. The van der Waals surface area contributed by atoms with Gasteiger partial charge in [-0.1, -0.05) is 0 Å². The van der Waals surface area contributed by atoms with Gasteiger partial charge in [-0.2, -0.15) is 0 Å². The number of rotatable bonds is 0. The zero-order valence-corrected chi connectivity index (χ0v) is 9.43. The van der Waals surface area contributed by atoms with Crippen LogP contribution in [0.2, 0.25) is 0 Å². The molecule has 0 aromatic heterocycles. The second-order valence-corrected chi connectivity index (χ2v) is 21.6. The van der Waals surface area contributed by atoms with Gasteiger partial charge < -0.3 is 11.0 Å². The average molecular weight is 409 g/mol. The molecule has 4 N–H and O–H groups in total. The molecule has 0 spiro atoms. The topological polar surface area (TPSA) is 63.0 Å². The van der Waals surface area contributed by atoms with E-state index in [4.69, 9.17) is 0 Å². The molecular weight excluding hydrogens is 405 g/mol. The third-order valence-corrected chi connectivity index (χ3v) is 0. The minimum absolute atomic E-state index is 0. The molecule has 0 rings (SSSR count). The first-order chi connectivity index (χ1) is 1.41. The van der Waals surface area contributed by atoms with Crippen LogP contribution < -0.4 is 0 Å². The van der Waals surface area contributed by atoms with Crippen molar-refractivity contribution in [3.05, 3.63) is 0 Å². The molecule has 0 fully saturated rings. The Hall–Kier alpha value is 2.18. The Morgan fingerprint density at radius 1 is 1.00 bits per heavy atom. The third kappa shape index (κ3) is 22.7. The van der Waals surface area contributed by atoms with Gasteiger partial charge in [-0.3, -0.25) is 0 Å². The van der Waals surface area contributed by atoms with Crippen molar-refractivity contribution in [3.63, 3.8) is 0 Å². The van der Waals surface area contributed by atoms with Gasteiger partial charge in [-0.25, -0.2) is 0 Å². The number of hydrogen-bond donors (Lipinski definition) is 0. The van der Waals surface area contributed by atoms with Crippen molar-refractivity contribution < 1.29 is 11.0 Å². The van der Waals surface area contributed by atoms with Gasteiger partial charge in [0.2, 0.25) is 0 Å². The summed E-state index contributed by atoms with van der Waals surface area (Å²) in [6, 6.07) is 0. The first kappa shape index (κ1) is 15.7. The molecule has 0 saturated carbocycles. The maximum atomic E-state index is 2.45. The Morgan fingerprint density at radius 2 is 1.00 bits per heavy atom. The van der Waals surface area contributed by atoms with Gasteiger partial charge in [0.25, 0.3) is 0 Å². The standard InChI is InChI=1S/2HI.2H2O.Sn/h2*1H;2*1H2;/q;;;;+2/p-2. The van der Waals surface area contributed by atoms with Crippen LogP contribution >= 0.6 is 37.3 Å². The Morgan fingerprint density at radius 3 is 1.00 bits per heavy atom. The van der Waals surface area contributed by atoms with Gasteiger partial charge in [-0.15, -0.1) is 0 Å². The molecule has 5 heavy (non-hydrogen) atoms. The molecule has 2 radical (unpaired) electrons. The van der Waals surface area contributed by atoms with Crippen LogP contribution in [0, 0.1) is 0 Å². The molecule has 0 aliphatic heterocycles. The fraction of sp³-hybridized carbons (Fsp3) is 0. The van der Waals surface area contributed by atoms with E-state index in [1.165, 1.54) is 0 Å². The first-order valence-electron chi connectivity index (χ1n) is 0.378. The van der Waals surface area contributed by atoms with Crippen LogP contribution in [0.25, 0.3) is 0 Å². The van der Waals surface area contributed by atoms with E-state index in [9.17, 15) is 0 Å². The van der Waals surface area contributed by atoms with E-state index in [2.05, 4.69) is 37.3 Å². The Labute approximate surface area is 60.3 Å². The first-order valence-corrected chi connectivity index (χ1v) is 17.0. The van der Waals surface area contributed by atoms with Crippen LogP contribution in [0.1, 0.15) is 0 Å². The van der Waals surface area contributed by atoms with Gasteiger partial charge in [0, 0.05) is 0 Å². The van der Waals surface area contributed by atoms with Gasteiger partial charge in [-0.05, 0) is 0 Å². The van der Waals surface area contributed by atoms with Crippen LogP contribution in [0.3, 0.4) is 0 Å². The second kappa shape index (κ2) is 16.4. The van der Waals surface area contributed by atoms with Crippen LogP contribution in [-0.2, 0) is 0 Å². The van der Waals surface area contributed by atoms with E-state index in [1.807, 2.05) is 0 Å². The van der Waals surface area contributed by atoms with Crippen LogP contribution in [-0.4, -0.2) is 24.2 Å². The summed E-state index contributed by atoms with van der Waals surface area (Å²) in [6.07, 6.45) is 0.